The van der Waals surface area contributed by atoms with Gasteiger partial charge >= 0.3 is 0 Å². The third-order valence-corrected chi connectivity index (χ3v) is 6.87. The average molecular weight is 382 g/mol. The average Bonchev–Trinajstić information content (AvgIpc) is 3.34. The van der Waals surface area contributed by atoms with Crippen molar-refractivity contribution in [1.82, 2.24) is 19.1 Å². The molecule has 4 rings (SSSR count). The molecule has 0 bridgehead atoms. The lowest BCUT2D eigenvalue weighted by Gasteiger charge is -2.16. The highest BCUT2D eigenvalue weighted by atomic mass is 32.2. The molecule has 0 amide bonds. The fourth-order valence-electron chi connectivity index (χ4n) is 3.53. The van der Waals surface area contributed by atoms with E-state index in [0.717, 1.165) is 25.2 Å². The minimum absolute atomic E-state index is 0.252. The van der Waals surface area contributed by atoms with E-state index in [2.05, 4.69) is 22.3 Å². The van der Waals surface area contributed by atoms with Gasteiger partial charge in [0.15, 0.2) is 0 Å². The van der Waals surface area contributed by atoms with E-state index in [1.807, 2.05) is 28.8 Å². The molecule has 1 saturated heterocycles. The van der Waals surface area contributed by atoms with Crippen molar-refractivity contribution >= 4 is 10.0 Å². The standard InChI is InChI=1S/C20H22N4O2S/c25-27(26,19-9-5-2-6-10-19)24-12-11-18(15-24)13-20-22-21-16-23(20)14-17-7-3-1-4-8-17/h1-10,16,18H,11-15H2. The van der Waals surface area contributed by atoms with Crippen LogP contribution in [-0.2, 0) is 23.0 Å². The molecule has 1 aliphatic rings. The Hall–Kier alpha value is -2.51. The number of sulfonamides is 1. The Morgan fingerprint density at radius 2 is 1.70 bits per heavy atom. The number of rotatable bonds is 6. The zero-order chi connectivity index (χ0) is 18.7. The van der Waals surface area contributed by atoms with Crippen LogP contribution < -0.4 is 0 Å². The summed E-state index contributed by atoms with van der Waals surface area (Å²) in [5, 5.41) is 8.32. The molecule has 27 heavy (non-hydrogen) atoms. The lowest BCUT2D eigenvalue weighted by atomic mass is 10.0. The summed E-state index contributed by atoms with van der Waals surface area (Å²) in [6, 6.07) is 18.8. The van der Waals surface area contributed by atoms with E-state index in [0.29, 0.717) is 18.0 Å². The second-order valence-corrected chi connectivity index (χ2v) is 8.83. The molecule has 2 aromatic carbocycles. The number of aromatic nitrogens is 3. The maximum Gasteiger partial charge on any atom is 0.243 e. The Morgan fingerprint density at radius 3 is 2.44 bits per heavy atom. The van der Waals surface area contributed by atoms with Crippen LogP contribution >= 0.6 is 0 Å². The van der Waals surface area contributed by atoms with E-state index in [1.54, 1.807) is 34.9 Å². The molecule has 1 fully saturated rings. The predicted octanol–water partition coefficient (Wildman–Crippen LogP) is 2.58. The fourth-order valence-corrected chi connectivity index (χ4v) is 5.08. The Labute approximate surface area is 159 Å². The molecular weight excluding hydrogens is 360 g/mol. The Morgan fingerprint density at radius 1 is 1.00 bits per heavy atom. The topological polar surface area (TPSA) is 68.1 Å². The van der Waals surface area contributed by atoms with Gasteiger partial charge in [0, 0.05) is 19.5 Å². The minimum Gasteiger partial charge on any atom is -0.313 e. The predicted molar refractivity (Wildman–Crippen MR) is 103 cm³/mol. The van der Waals surface area contributed by atoms with Gasteiger partial charge in [0.2, 0.25) is 10.0 Å². The van der Waals surface area contributed by atoms with Gasteiger partial charge in [-0.25, -0.2) is 8.42 Å². The lowest BCUT2D eigenvalue weighted by molar-refractivity contribution is 0.450. The number of nitrogens with zero attached hydrogens (tertiary/aromatic N) is 4. The number of hydrogen-bond donors (Lipinski definition) is 0. The molecule has 0 saturated carbocycles. The first kappa shape index (κ1) is 17.9. The molecule has 0 spiro atoms. The number of hydrogen-bond acceptors (Lipinski definition) is 4. The molecular formula is C20H22N4O2S. The fraction of sp³-hybridized carbons (Fsp3) is 0.300. The molecule has 140 valence electrons. The van der Waals surface area contributed by atoms with Gasteiger partial charge in [0.05, 0.1) is 11.4 Å². The van der Waals surface area contributed by atoms with Gasteiger partial charge in [0.25, 0.3) is 0 Å². The highest BCUT2D eigenvalue weighted by Crippen LogP contribution is 2.26. The molecule has 1 aromatic heterocycles. The van der Waals surface area contributed by atoms with Gasteiger partial charge < -0.3 is 4.57 Å². The normalized spacial score (nSPS) is 18.0. The lowest BCUT2D eigenvalue weighted by Crippen LogP contribution is -2.29. The second kappa shape index (κ2) is 7.62. The van der Waals surface area contributed by atoms with Crippen LogP contribution in [0.5, 0.6) is 0 Å². The Kier molecular flexibility index (Phi) is 5.05. The maximum atomic E-state index is 12.8. The van der Waals surface area contributed by atoms with Crippen LogP contribution in [0.3, 0.4) is 0 Å². The first-order valence-corrected chi connectivity index (χ1v) is 10.5. The van der Waals surface area contributed by atoms with E-state index in [4.69, 9.17) is 0 Å². The summed E-state index contributed by atoms with van der Waals surface area (Å²) in [6.07, 6.45) is 3.31. The molecule has 7 heteroatoms. The molecule has 1 aliphatic heterocycles. The van der Waals surface area contributed by atoms with Crippen LogP contribution in [0.25, 0.3) is 0 Å². The van der Waals surface area contributed by atoms with Gasteiger partial charge in [-0.15, -0.1) is 10.2 Å². The van der Waals surface area contributed by atoms with Crippen molar-refractivity contribution in [3.05, 3.63) is 78.4 Å². The summed E-state index contributed by atoms with van der Waals surface area (Å²) in [6.45, 7) is 1.80. The molecule has 0 radical (unpaired) electrons. The van der Waals surface area contributed by atoms with Crippen LogP contribution in [0.1, 0.15) is 17.8 Å². The first-order chi connectivity index (χ1) is 13.1. The monoisotopic (exact) mass is 382 g/mol. The summed E-state index contributed by atoms with van der Waals surface area (Å²) < 4.78 is 29.2. The van der Waals surface area contributed by atoms with Crippen molar-refractivity contribution in [2.45, 2.75) is 24.3 Å². The third-order valence-electron chi connectivity index (χ3n) is 4.99. The van der Waals surface area contributed by atoms with Crippen molar-refractivity contribution in [3.63, 3.8) is 0 Å². The minimum atomic E-state index is -3.42. The molecule has 1 unspecified atom stereocenters. The van der Waals surface area contributed by atoms with E-state index >= 15 is 0 Å². The van der Waals surface area contributed by atoms with Crippen molar-refractivity contribution in [1.29, 1.82) is 0 Å². The van der Waals surface area contributed by atoms with Crippen molar-refractivity contribution in [3.8, 4) is 0 Å². The molecule has 3 aromatic rings. The van der Waals surface area contributed by atoms with Gasteiger partial charge in [-0.1, -0.05) is 48.5 Å². The smallest absolute Gasteiger partial charge is 0.243 e. The highest BCUT2D eigenvalue weighted by molar-refractivity contribution is 7.89. The van der Waals surface area contributed by atoms with E-state index < -0.39 is 10.0 Å². The molecule has 6 nitrogen and oxygen atoms in total. The number of benzene rings is 2. The van der Waals surface area contributed by atoms with Crippen molar-refractivity contribution in [2.75, 3.05) is 13.1 Å². The zero-order valence-electron chi connectivity index (χ0n) is 15.0. The zero-order valence-corrected chi connectivity index (χ0v) is 15.8. The van der Waals surface area contributed by atoms with Crippen molar-refractivity contribution < 1.29 is 8.42 Å². The van der Waals surface area contributed by atoms with E-state index in [1.165, 1.54) is 5.56 Å². The summed E-state index contributed by atoms with van der Waals surface area (Å²) >= 11 is 0. The summed E-state index contributed by atoms with van der Waals surface area (Å²) in [5.74, 6) is 1.16. The molecule has 0 N–H and O–H groups in total. The van der Waals surface area contributed by atoms with Crippen LogP contribution in [0.15, 0.2) is 71.9 Å². The van der Waals surface area contributed by atoms with Gasteiger partial charge in [-0.2, -0.15) is 4.31 Å². The van der Waals surface area contributed by atoms with Crippen LogP contribution in [0.2, 0.25) is 0 Å². The summed E-state index contributed by atoms with van der Waals surface area (Å²) in [5.41, 5.74) is 1.19. The van der Waals surface area contributed by atoms with E-state index in [-0.39, 0.29) is 5.92 Å². The quantitative estimate of drug-likeness (QED) is 0.657. The largest absolute Gasteiger partial charge is 0.313 e. The van der Waals surface area contributed by atoms with Crippen LogP contribution in [-0.4, -0.2) is 40.6 Å². The Bertz CT molecular complexity index is 987. The third kappa shape index (κ3) is 3.94. The molecule has 2 heterocycles. The Balaban J connectivity index is 1.43. The summed E-state index contributed by atoms with van der Waals surface area (Å²) in [4.78, 5) is 0.359. The maximum absolute atomic E-state index is 12.8. The molecule has 0 aliphatic carbocycles. The van der Waals surface area contributed by atoms with E-state index in [9.17, 15) is 8.42 Å². The van der Waals surface area contributed by atoms with Crippen molar-refractivity contribution in [2.24, 2.45) is 5.92 Å². The molecule has 1 atom stereocenters. The van der Waals surface area contributed by atoms with Crippen LogP contribution in [0, 0.1) is 5.92 Å². The SMILES string of the molecule is O=S(=O)(c1ccccc1)N1CCC(Cc2nncn2Cc2ccccc2)C1. The van der Waals surface area contributed by atoms with Gasteiger partial charge in [-0.05, 0) is 30.0 Å². The summed E-state index contributed by atoms with van der Waals surface area (Å²) in [7, 11) is -3.42. The van der Waals surface area contributed by atoms with Crippen LogP contribution in [0.4, 0.5) is 0 Å². The van der Waals surface area contributed by atoms with Gasteiger partial charge in [0.1, 0.15) is 12.2 Å². The second-order valence-electron chi connectivity index (χ2n) is 6.90. The first-order valence-electron chi connectivity index (χ1n) is 9.09. The highest BCUT2D eigenvalue weighted by Gasteiger charge is 2.33. The van der Waals surface area contributed by atoms with Gasteiger partial charge in [-0.3, -0.25) is 0 Å².